The van der Waals surface area contributed by atoms with Crippen molar-refractivity contribution < 1.29 is 4.79 Å². The molecular formula is C18H15Cl2N3O. The third-order valence-corrected chi connectivity index (χ3v) is 4.26. The Balaban J connectivity index is 1.97. The number of halogens is 2. The van der Waals surface area contributed by atoms with Crippen LogP contribution in [0.25, 0.3) is 0 Å². The van der Waals surface area contributed by atoms with Gasteiger partial charge in [-0.2, -0.15) is 0 Å². The highest BCUT2D eigenvalue weighted by Crippen LogP contribution is 2.24. The molecule has 0 fully saturated rings. The molecule has 3 aromatic rings. The quantitative estimate of drug-likeness (QED) is 0.756. The Bertz CT molecular complexity index is 862. The molecule has 2 aromatic carbocycles. The first-order chi connectivity index (χ1) is 11.6. The smallest absolute Gasteiger partial charge is 0.253 e. The number of carbonyl (C=O) groups is 1. The van der Waals surface area contributed by atoms with Crippen molar-refractivity contribution >= 4 is 29.1 Å². The summed E-state index contributed by atoms with van der Waals surface area (Å²) < 4.78 is 1.87. The maximum atomic E-state index is 12.7. The van der Waals surface area contributed by atoms with Gasteiger partial charge in [-0.05, 0) is 23.8 Å². The molecule has 4 nitrogen and oxygen atoms in total. The van der Waals surface area contributed by atoms with E-state index in [1.54, 1.807) is 24.4 Å². The van der Waals surface area contributed by atoms with E-state index in [0.717, 1.165) is 11.4 Å². The fraction of sp³-hybridized carbons (Fsp3) is 0.111. The van der Waals surface area contributed by atoms with E-state index >= 15 is 0 Å². The van der Waals surface area contributed by atoms with E-state index in [1.807, 2.05) is 48.1 Å². The summed E-state index contributed by atoms with van der Waals surface area (Å²) in [6.07, 6.45) is 3.54. The van der Waals surface area contributed by atoms with Crippen molar-refractivity contribution in [2.45, 2.75) is 6.04 Å². The van der Waals surface area contributed by atoms with Crippen molar-refractivity contribution in [2.24, 2.45) is 7.05 Å². The number of nitrogens with zero attached hydrogens (tertiary/aromatic N) is 2. The Hall–Kier alpha value is -2.30. The zero-order chi connectivity index (χ0) is 17.1. The molecule has 3 rings (SSSR count). The first-order valence-electron chi connectivity index (χ1n) is 7.34. The molecule has 0 unspecified atom stereocenters. The topological polar surface area (TPSA) is 46.9 Å². The number of nitrogens with one attached hydrogen (secondary N) is 1. The minimum absolute atomic E-state index is 0.306. The number of hydrogen-bond acceptors (Lipinski definition) is 2. The van der Waals surface area contributed by atoms with Gasteiger partial charge in [-0.15, -0.1) is 0 Å². The summed E-state index contributed by atoms with van der Waals surface area (Å²) >= 11 is 12.1. The van der Waals surface area contributed by atoms with Crippen LogP contribution in [0.1, 0.15) is 27.8 Å². The van der Waals surface area contributed by atoms with Gasteiger partial charge in [-0.1, -0.05) is 53.5 Å². The maximum absolute atomic E-state index is 12.7. The molecule has 0 radical (unpaired) electrons. The minimum Gasteiger partial charge on any atom is -0.338 e. The molecule has 0 aliphatic rings. The average molecular weight is 360 g/mol. The maximum Gasteiger partial charge on any atom is 0.253 e. The average Bonchev–Trinajstić information content (AvgIpc) is 3.01. The van der Waals surface area contributed by atoms with E-state index in [1.165, 1.54) is 0 Å². The SMILES string of the molecule is Cn1ccnc1[C@H](NC(=O)c1cc(Cl)ccc1Cl)c1ccccc1. The summed E-state index contributed by atoms with van der Waals surface area (Å²) in [6, 6.07) is 14.1. The summed E-state index contributed by atoms with van der Waals surface area (Å²) in [4.78, 5) is 17.1. The van der Waals surface area contributed by atoms with Crippen molar-refractivity contribution in [3.8, 4) is 0 Å². The molecular weight excluding hydrogens is 345 g/mol. The van der Waals surface area contributed by atoms with E-state index in [4.69, 9.17) is 23.2 Å². The number of benzene rings is 2. The van der Waals surface area contributed by atoms with Crippen molar-refractivity contribution in [3.05, 3.63) is 87.9 Å². The Kier molecular flexibility index (Phi) is 4.88. The standard InChI is InChI=1S/C18H15Cl2N3O/c1-23-10-9-21-17(23)16(12-5-3-2-4-6-12)22-18(24)14-11-13(19)7-8-15(14)20/h2-11,16H,1H3,(H,22,24)/t16-/m1/s1. The van der Waals surface area contributed by atoms with Crippen LogP contribution in [-0.2, 0) is 7.05 Å². The Morgan fingerprint density at radius 3 is 2.58 bits per heavy atom. The first-order valence-corrected chi connectivity index (χ1v) is 8.10. The molecule has 1 atom stereocenters. The number of aromatic nitrogens is 2. The number of imidazole rings is 1. The number of rotatable bonds is 4. The van der Waals surface area contributed by atoms with Gasteiger partial charge in [-0.25, -0.2) is 4.98 Å². The number of carbonyl (C=O) groups excluding carboxylic acids is 1. The van der Waals surface area contributed by atoms with E-state index in [9.17, 15) is 4.79 Å². The molecule has 6 heteroatoms. The van der Waals surface area contributed by atoms with Gasteiger partial charge in [0.1, 0.15) is 11.9 Å². The fourth-order valence-electron chi connectivity index (χ4n) is 2.48. The van der Waals surface area contributed by atoms with E-state index in [0.29, 0.717) is 15.6 Å². The molecule has 24 heavy (non-hydrogen) atoms. The highest BCUT2D eigenvalue weighted by atomic mass is 35.5. The van der Waals surface area contributed by atoms with Crippen LogP contribution in [0, 0.1) is 0 Å². The molecule has 0 bridgehead atoms. The highest BCUT2D eigenvalue weighted by molar-refractivity contribution is 6.35. The van der Waals surface area contributed by atoms with Gasteiger partial charge in [0.05, 0.1) is 10.6 Å². The lowest BCUT2D eigenvalue weighted by atomic mass is 10.1. The van der Waals surface area contributed by atoms with Crippen LogP contribution in [-0.4, -0.2) is 15.5 Å². The number of hydrogen-bond donors (Lipinski definition) is 1. The molecule has 1 amide bonds. The molecule has 1 N–H and O–H groups in total. The van der Waals surface area contributed by atoms with Crippen molar-refractivity contribution in [2.75, 3.05) is 0 Å². The molecule has 0 spiro atoms. The second kappa shape index (κ2) is 7.07. The summed E-state index contributed by atoms with van der Waals surface area (Å²) in [5, 5.41) is 3.80. The lowest BCUT2D eigenvalue weighted by Crippen LogP contribution is -2.31. The van der Waals surface area contributed by atoms with Crippen LogP contribution in [0.4, 0.5) is 0 Å². The second-order valence-electron chi connectivity index (χ2n) is 5.34. The molecule has 1 aromatic heterocycles. The largest absolute Gasteiger partial charge is 0.338 e. The zero-order valence-corrected chi connectivity index (χ0v) is 14.4. The molecule has 0 aliphatic carbocycles. The van der Waals surface area contributed by atoms with Crippen molar-refractivity contribution in [3.63, 3.8) is 0 Å². The fourth-order valence-corrected chi connectivity index (χ4v) is 2.85. The number of amides is 1. The van der Waals surface area contributed by atoms with Crippen LogP contribution in [0.2, 0.25) is 10.0 Å². The van der Waals surface area contributed by atoms with E-state index in [2.05, 4.69) is 10.3 Å². The van der Waals surface area contributed by atoms with Gasteiger partial charge in [0, 0.05) is 24.5 Å². The predicted octanol–water partition coefficient (Wildman–Crippen LogP) is 4.25. The van der Waals surface area contributed by atoms with Crippen LogP contribution in [0.15, 0.2) is 60.9 Å². The van der Waals surface area contributed by atoms with Gasteiger partial charge in [0.2, 0.25) is 0 Å². The van der Waals surface area contributed by atoms with Gasteiger partial charge in [-0.3, -0.25) is 4.79 Å². The van der Waals surface area contributed by atoms with E-state index in [-0.39, 0.29) is 5.91 Å². The normalized spacial score (nSPS) is 12.0. The summed E-state index contributed by atoms with van der Waals surface area (Å²) in [6.45, 7) is 0. The molecule has 0 saturated heterocycles. The Morgan fingerprint density at radius 1 is 1.17 bits per heavy atom. The van der Waals surface area contributed by atoms with Crippen LogP contribution >= 0.6 is 23.2 Å². The zero-order valence-electron chi connectivity index (χ0n) is 12.9. The van der Waals surface area contributed by atoms with Crippen molar-refractivity contribution in [1.29, 1.82) is 0 Å². The summed E-state index contributed by atoms with van der Waals surface area (Å²) in [7, 11) is 1.89. The van der Waals surface area contributed by atoms with Gasteiger partial charge in [0.25, 0.3) is 5.91 Å². The van der Waals surface area contributed by atoms with Gasteiger partial charge < -0.3 is 9.88 Å². The van der Waals surface area contributed by atoms with Crippen LogP contribution in [0.3, 0.4) is 0 Å². The summed E-state index contributed by atoms with van der Waals surface area (Å²) in [5.74, 6) is 0.423. The van der Waals surface area contributed by atoms with E-state index < -0.39 is 6.04 Å². The molecule has 0 aliphatic heterocycles. The lowest BCUT2D eigenvalue weighted by Gasteiger charge is -2.19. The van der Waals surface area contributed by atoms with Crippen LogP contribution in [0.5, 0.6) is 0 Å². The second-order valence-corrected chi connectivity index (χ2v) is 6.18. The van der Waals surface area contributed by atoms with Gasteiger partial charge >= 0.3 is 0 Å². The lowest BCUT2D eigenvalue weighted by molar-refractivity contribution is 0.0941. The minimum atomic E-state index is -0.395. The Morgan fingerprint density at radius 2 is 1.92 bits per heavy atom. The predicted molar refractivity (Wildman–Crippen MR) is 95.4 cm³/mol. The monoisotopic (exact) mass is 359 g/mol. The molecule has 122 valence electrons. The van der Waals surface area contributed by atoms with Gasteiger partial charge in [0.15, 0.2) is 0 Å². The molecule has 1 heterocycles. The van der Waals surface area contributed by atoms with Crippen LogP contribution < -0.4 is 5.32 Å². The number of aryl methyl sites for hydroxylation is 1. The summed E-state index contributed by atoms with van der Waals surface area (Å²) in [5.41, 5.74) is 1.26. The first kappa shape index (κ1) is 16.6. The third-order valence-electron chi connectivity index (χ3n) is 3.70. The molecule has 0 saturated carbocycles. The Labute approximate surface area is 150 Å². The van der Waals surface area contributed by atoms with Crippen molar-refractivity contribution in [1.82, 2.24) is 14.9 Å². The third kappa shape index (κ3) is 3.45. The highest BCUT2D eigenvalue weighted by Gasteiger charge is 2.22.